The lowest BCUT2D eigenvalue weighted by molar-refractivity contribution is -0.152. The summed E-state index contributed by atoms with van der Waals surface area (Å²) in [5, 5.41) is 32.8. The van der Waals surface area contributed by atoms with Crippen molar-refractivity contribution < 1.29 is 24.6 Å². The third-order valence-electron chi connectivity index (χ3n) is 16.6. The number of hydrogen-bond donors (Lipinski definition) is 4. The molecule has 2 bridgehead atoms. The van der Waals surface area contributed by atoms with E-state index in [9.17, 15) is 24.6 Å². The SMILES string of the molecule is Cc1ncsc1-c1ccc(CNC(=O)C2C[C@@H](O)CN2C(=O)C(N(C)C(=O)CC2CCC(N3CCC(c4cnc(N5C6CCC5CN(c5cc(-c7ccccc7O)nnc5N)C6)nc4)CC3)CC2)C(C)(C)C)cc1. The first-order chi connectivity index (χ1) is 35.6. The van der Waals surface area contributed by atoms with Gasteiger partial charge >= 0.3 is 0 Å². The highest BCUT2D eigenvalue weighted by Crippen LogP contribution is 2.40. The average Bonchev–Trinajstić information content (AvgIpc) is 4.09. The molecule has 5 aliphatic rings. The molecule has 5 fully saturated rings. The number of aliphatic hydroxyl groups is 1. The third kappa shape index (κ3) is 10.8. The highest BCUT2D eigenvalue weighted by atomic mass is 32.1. The summed E-state index contributed by atoms with van der Waals surface area (Å²) in [6.45, 7) is 11.8. The van der Waals surface area contributed by atoms with Gasteiger partial charge < -0.3 is 45.8 Å². The number of amides is 3. The summed E-state index contributed by atoms with van der Waals surface area (Å²) in [7, 11) is 1.73. The van der Waals surface area contributed by atoms with Crippen molar-refractivity contribution in [2.45, 2.75) is 141 Å². The van der Waals surface area contributed by atoms with Gasteiger partial charge in [-0.2, -0.15) is 0 Å². The average molecular weight is 1030 g/mol. The van der Waals surface area contributed by atoms with E-state index >= 15 is 0 Å². The first-order valence-electron chi connectivity index (χ1n) is 26.6. The van der Waals surface area contributed by atoms with E-state index in [0.29, 0.717) is 42.0 Å². The Morgan fingerprint density at radius 2 is 1.55 bits per heavy atom. The molecule has 3 amide bonds. The van der Waals surface area contributed by atoms with Gasteiger partial charge in [0.25, 0.3) is 0 Å². The van der Waals surface area contributed by atoms with Gasteiger partial charge in [0.2, 0.25) is 23.7 Å². The number of para-hydroxylation sites is 1. The number of β-amino-alcohol motifs (C(OH)–C–C–N with tert-alkyl or cyclic N) is 1. The molecule has 5 aromatic rings. The number of hydrogen-bond acceptors (Lipinski definition) is 15. The van der Waals surface area contributed by atoms with Crippen molar-refractivity contribution in [3.63, 3.8) is 0 Å². The lowest BCUT2D eigenvalue weighted by Gasteiger charge is -2.42. The molecule has 17 nitrogen and oxygen atoms in total. The van der Waals surface area contributed by atoms with Gasteiger partial charge in [0.15, 0.2) is 5.82 Å². The van der Waals surface area contributed by atoms with E-state index in [1.807, 2.05) is 88.1 Å². The Morgan fingerprint density at radius 1 is 0.878 bits per heavy atom. The normalized spacial score (nSPS) is 24.0. The zero-order chi connectivity index (χ0) is 51.8. The Morgan fingerprint density at radius 3 is 2.20 bits per heavy atom. The molecule has 0 radical (unpaired) electrons. The lowest BCUT2D eigenvalue weighted by Crippen LogP contribution is -2.58. The van der Waals surface area contributed by atoms with Crippen LogP contribution in [0.2, 0.25) is 0 Å². The molecular formula is C56H72N12O5S. The van der Waals surface area contributed by atoms with Crippen molar-refractivity contribution in [1.29, 1.82) is 0 Å². The van der Waals surface area contributed by atoms with E-state index < -0.39 is 23.6 Å². The number of thiazole rings is 1. The third-order valence-corrected chi connectivity index (χ3v) is 17.6. The number of fused-ring (bicyclic) bond motifs is 2. The van der Waals surface area contributed by atoms with Crippen LogP contribution >= 0.6 is 11.3 Å². The number of piperazine rings is 1. The second kappa shape index (κ2) is 21.5. The van der Waals surface area contributed by atoms with E-state index in [0.717, 1.165) is 111 Å². The predicted octanol–water partition coefficient (Wildman–Crippen LogP) is 6.79. The molecule has 7 heterocycles. The molecule has 18 heteroatoms. The van der Waals surface area contributed by atoms with E-state index in [1.165, 1.54) is 10.5 Å². The highest BCUT2D eigenvalue weighted by molar-refractivity contribution is 7.13. The summed E-state index contributed by atoms with van der Waals surface area (Å²) in [5.41, 5.74) is 13.8. The van der Waals surface area contributed by atoms with Crippen molar-refractivity contribution in [3.05, 3.63) is 89.3 Å². The Balaban J connectivity index is 0.680. The van der Waals surface area contributed by atoms with Gasteiger partial charge in [-0.25, -0.2) is 15.0 Å². The maximum atomic E-state index is 14.5. The minimum absolute atomic E-state index is 0.0460. The maximum absolute atomic E-state index is 14.5. The van der Waals surface area contributed by atoms with Crippen LogP contribution in [0, 0.1) is 18.3 Å². The number of benzene rings is 2. The van der Waals surface area contributed by atoms with Crippen molar-refractivity contribution in [2.24, 2.45) is 11.3 Å². The highest BCUT2D eigenvalue weighted by Gasteiger charge is 2.47. The Bertz CT molecular complexity index is 2770. The fraction of sp³-hybridized carbons (Fsp3) is 0.536. The first-order valence-corrected chi connectivity index (χ1v) is 27.5. The van der Waals surface area contributed by atoms with Crippen LogP contribution in [-0.2, 0) is 20.9 Å². The summed E-state index contributed by atoms with van der Waals surface area (Å²) in [6.07, 6.45) is 12.0. The molecule has 74 heavy (non-hydrogen) atoms. The number of nitrogens with two attached hydrogens (primary N) is 1. The zero-order valence-corrected chi connectivity index (χ0v) is 44.3. The van der Waals surface area contributed by atoms with E-state index in [1.54, 1.807) is 35.4 Å². The van der Waals surface area contributed by atoms with Crippen LogP contribution < -0.4 is 20.9 Å². The number of nitrogens with zero attached hydrogens (tertiary/aromatic N) is 10. The molecule has 4 unspecified atom stereocenters. The summed E-state index contributed by atoms with van der Waals surface area (Å²) in [6, 6.07) is 16.4. The summed E-state index contributed by atoms with van der Waals surface area (Å²) < 4.78 is 0. The maximum Gasteiger partial charge on any atom is 0.246 e. The van der Waals surface area contributed by atoms with Crippen molar-refractivity contribution in [1.82, 2.24) is 45.2 Å². The number of nitrogens with one attached hydrogen (secondary N) is 1. The van der Waals surface area contributed by atoms with E-state index in [2.05, 4.69) is 35.2 Å². The molecule has 3 aromatic heterocycles. The van der Waals surface area contributed by atoms with Crippen LogP contribution in [0.25, 0.3) is 21.7 Å². The lowest BCUT2D eigenvalue weighted by atomic mass is 9.81. The number of aliphatic hydroxyl groups excluding tert-OH is 1. The van der Waals surface area contributed by atoms with Crippen molar-refractivity contribution in [2.75, 3.05) is 55.3 Å². The van der Waals surface area contributed by atoms with Crippen LogP contribution in [-0.4, -0.2) is 144 Å². The Hall–Kier alpha value is -6.24. The number of aryl methyl sites for hydroxylation is 1. The van der Waals surface area contributed by atoms with Gasteiger partial charge in [-0.15, -0.1) is 21.5 Å². The Kier molecular flexibility index (Phi) is 14.9. The quantitative estimate of drug-likeness (QED) is 0.0958. The molecular weight excluding hydrogens is 953 g/mol. The van der Waals surface area contributed by atoms with Gasteiger partial charge in [-0.3, -0.25) is 14.4 Å². The molecule has 392 valence electrons. The van der Waals surface area contributed by atoms with Gasteiger partial charge in [-0.05, 0) is 124 Å². The molecule has 5 N–H and O–H groups in total. The van der Waals surface area contributed by atoms with Crippen LogP contribution in [0.15, 0.2) is 72.5 Å². The number of carbonyl (C=O) groups excluding carboxylic acids is 3. The van der Waals surface area contributed by atoms with E-state index in [4.69, 9.17) is 15.7 Å². The van der Waals surface area contributed by atoms with Gasteiger partial charge in [0.05, 0.1) is 33.6 Å². The topological polar surface area (TPSA) is 210 Å². The number of phenolic OH excluding ortho intramolecular Hbond substituents is 1. The predicted molar refractivity (Wildman–Crippen MR) is 287 cm³/mol. The smallest absolute Gasteiger partial charge is 0.246 e. The Labute approximate surface area is 438 Å². The number of rotatable bonds is 13. The van der Waals surface area contributed by atoms with Crippen LogP contribution in [0.3, 0.4) is 0 Å². The van der Waals surface area contributed by atoms with Gasteiger partial charge in [0, 0.05) is 82.2 Å². The second-order valence-electron chi connectivity index (χ2n) is 22.6. The number of likely N-dealkylation sites (N-methyl/N-ethyl adjacent to an activating group) is 1. The second-order valence-corrected chi connectivity index (χ2v) is 23.4. The summed E-state index contributed by atoms with van der Waals surface area (Å²) in [4.78, 5) is 68.1. The molecule has 4 aliphatic heterocycles. The monoisotopic (exact) mass is 1020 g/mol. The van der Waals surface area contributed by atoms with Gasteiger partial charge in [-0.1, -0.05) is 57.2 Å². The fourth-order valence-corrected chi connectivity index (χ4v) is 13.5. The number of nitrogen functional groups attached to an aromatic ring is 1. The van der Waals surface area contributed by atoms with Crippen molar-refractivity contribution >= 4 is 46.5 Å². The molecule has 10 rings (SSSR count). The van der Waals surface area contributed by atoms with Crippen LogP contribution in [0.1, 0.15) is 108 Å². The molecule has 0 spiro atoms. The number of aromatic nitrogens is 5. The van der Waals surface area contributed by atoms with Crippen molar-refractivity contribution in [3.8, 4) is 27.4 Å². The number of phenols is 1. The van der Waals surface area contributed by atoms with Gasteiger partial charge in [0.1, 0.15) is 17.8 Å². The number of anilines is 3. The summed E-state index contributed by atoms with van der Waals surface area (Å²) in [5.74, 6) is 1.29. The minimum Gasteiger partial charge on any atom is -0.507 e. The molecule has 4 saturated heterocycles. The number of piperidine rings is 1. The van der Waals surface area contributed by atoms with Crippen LogP contribution in [0.5, 0.6) is 5.75 Å². The number of aromatic hydroxyl groups is 1. The zero-order valence-electron chi connectivity index (χ0n) is 43.4. The number of carbonyl (C=O) groups is 3. The van der Waals surface area contributed by atoms with Crippen LogP contribution in [0.4, 0.5) is 17.5 Å². The fourth-order valence-electron chi connectivity index (χ4n) is 12.7. The minimum atomic E-state index is -0.833. The molecule has 1 aliphatic carbocycles. The standard InChI is InChI=1S/C56H72N12O5S/c1-34-50(74-33-61-34)38-14-10-36(11-15-38)27-58-53(72)47-25-43(69)32-67(47)54(73)51(56(2,3)4)64(5)49(71)24-35-12-16-40(17-13-35)65-22-20-37(21-23-65)39-28-59-55(60-29-39)68-41-18-19-42(68)31-66(30-41)46-26-45(62-63-52(46)57)44-8-6-7-9-48(44)70/h6-11,14-15,26,28-29,33,35,37,40-43,47,51,69-70H,12-13,16-25,27,30-32H2,1-5H3,(H2,57,63)(H,58,72)/t35?,40?,41?,42?,43-,47?,51?/m1/s1. The molecule has 5 atom stereocenters. The first kappa shape index (κ1) is 51.3. The molecule has 1 saturated carbocycles. The largest absolute Gasteiger partial charge is 0.507 e. The molecule has 2 aromatic carbocycles. The van der Waals surface area contributed by atoms with E-state index in [-0.39, 0.29) is 54.4 Å². The summed E-state index contributed by atoms with van der Waals surface area (Å²) >= 11 is 1.59. The number of likely N-dealkylation sites (tertiary alicyclic amines) is 2.